The van der Waals surface area contributed by atoms with Crippen LogP contribution < -0.4 is 5.32 Å². The first-order valence-corrected chi connectivity index (χ1v) is 12.6. The van der Waals surface area contributed by atoms with Gasteiger partial charge in [-0.15, -0.1) is 0 Å². The summed E-state index contributed by atoms with van der Waals surface area (Å²) >= 11 is 1.67. The third-order valence-electron chi connectivity index (χ3n) is 4.99. The zero-order valence-electron chi connectivity index (χ0n) is 16.7. The fourth-order valence-electron chi connectivity index (χ4n) is 3.35. The van der Waals surface area contributed by atoms with Gasteiger partial charge in [-0.3, -0.25) is 4.79 Å². The smallest absolute Gasteiger partial charge is 0.251 e. The third-order valence-corrected chi connectivity index (χ3v) is 8.01. The molecule has 0 aliphatic carbocycles. The molecule has 0 spiro atoms. The molecular formula is C21H28N2O4S2. The van der Waals surface area contributed by atoms with E-state index in [-0.39, 0.29) is 10.8 Å². The van der Waals surface area contributed by atoms with Crippen LogP contribution in [0.3, 0.4) is 0 Å². The number of carbonyl (C=O) groups excluding carboxylic acids is 1. The molecule has 1 aromatic heterocycles. The highest BCUT2D eigenvalue weighted by molar-refractivity contribution is 7.98. The lowest BCUT2D eigenvalue weighted by Gasteiger charge is -2.21. The number of rotatable bonds is 8. The van der Waals surface area contributed by atoms with Crippen molar-refractivity contribution in [3.63, 3.8) is 0 Å². The summed E-state index contributed by atoms with van der Waals surface area (Å²) in [5.74, 6) is 2.15. The van der Waals surface area contributed by atoms with Gasteiger partial charge in [0.15, 0.2) is 0 Å². The zero-order valence-corrected chi connectivity index (χ0v) is 18.4. The Balaban J connectivity index is 1.60. The van der Waals surface area contributed by atoms with Crippen LogP contribution in [-0.2, 0) is 15.8 Å². The van der Waals surface area contributed by atoms with Gasteiger partial charge < -0.3 is 9.73 Å². The number of amides is 1. The normalized spacial score (nSPS) is 15.8. The highest BCUT2D eigenvalue weighted by atomic mass is 32.2. The quantitative estimate of drug-likeness (QED) is 0.637. The Labute approximate surface area is 177 Å². The Morgan fingerprint density at radius 3 is 2.62 bits per heavy atom. The highest BCUT2D eigenvalue weighted by Crippen LogP contribution is 2.24. The summed E-state index contributed by atoms with van der Waals surface area (Å²) in [6.07, 6.45) is 5.53. The van der Waals surface area contributed by atoms with Gasteiger partial charge >= 0.3 is 0 Å². The van der Waals surface area contributed by atoms with Gasteiger partial charge in [-0.2, -0.15) is 16.1 Å². The van der Waals surface area contributed by atoms with E-state index in [4.69, 9.17) is 4.42 Å². The molecule has 1 fully saturated rings. The lowest BCUT2D eigenvalue weighted by Crippen LogP contribution is -2.33. The Morgan fingerprint density at radius 2 is 1.93 bits per heavy atom. The number of thioether (sulfide) groups is 1. The van der Waals surface area contributed by atoms with Crippen molar-refractivity contribution in [2.75, 3.05) is 25.4 Å². The van der Waals surface area contributed by atoms with E-state index in [1.54, 1.807) is 41.4 Å². The number of aryl methyl sites for hydroxylation is 1. The van der Waals surface area contributed by atoms with Crippen molar-refractivity contribution in [3.05, 3.63) is 53.5 Å². The van der Waals surface area contributed by atoms with Crippen molar-refractivity contribution in [1.82, 2.24) is 9.62 Å². The fourth-order valence-corrected chi connectivity index (χ4v) is 5.87. The summed E-state index contributed by atoms with van der Waals surface area (Å²) < 4.78 is 33.1. The fraction of sp³-hybridized carbons (Fsp3) is 0.476. The average molecular weight is 437 g/mol. The molecule has 8 heteroatoms. The Bertz CT molecular complexity index is 903. The van der Waals surface area contributed by atoms with Crippen molar-refractivity contribution in [3.8, 4) is 0 Å². The van der Waals surface area contributed by atoms with E-state index in [1.165, 1.54) is 6.07 Å². The summed E-state index contributed by atoms with van der Waals surface area (Å²) in [7, 11) is -3.59. The van der Waals surface area contributed by atoms with Gasteiger partial charge in [-0.05, 0) is 49.6 Å². The topological polar surface area (TPSA) is 79.6 Å². The average Bonchev–Trinajstić information content (AvgIpc) is 3.06. The van der Waals surface area contributed by atoms with Gasteiger partial charge in [0.1, 0.15) is 5.76 Å². The van der Waals surface area contributed by atoms with Crippen LogP contribution in [0.15, 0.2) is 45.9 Å². The van der Waals surface area contributed by atoms with Gasteiger partial charge in [0.05, 0.1) is 16.9 Å². The first kappa shape index (κ1) is 21.9. The molecule has 158 valence electrons. The van der Waals surface area contributed by atoms with E-state index in [9.17, 15) is 13.2 Å². The predicted octanol–water partition coefficient (Wildman–Crippen LogP) is 3.82. The van der Waals surface area contributed by atoms with Gasteiger partial charge in [0, 0.05) is 31.0 Å². The van der Waals surface area contributed by atoms with Crippen LogP contribution >= 0.6 is 11.8 Å². The molecule has 0 atom stereocenters. The molecule has 29 heavy (non-hydrogen) atoms. The molecule has 0 saturated carbocycles. The van der Waals surface area contributed by atoms with E-state index >= 15 is 0 Å². The maximum atomic E-state index is 13.1. The van der Waals surface area contributed by atoms with Crippen molar-refractivity contribution in [2.24, 2.45) is 0 Å². The van der Waals surface area contributed by atoms with E-state index in [0.29, 0.717) is 30.8 Å². The minimum Gasteiger partial charge on any atom is -0.468 e. The van der Waals surface area contributed by atoms with Gasteiger partial charge in [-0.25, -0.2) is 8.42 Å². The maximum Gasteiger partial charge on any atom is 0.251 e. The molecule has 0 bridgehead atoms. The number of sulfonamides is 1. The minimum absolute atomic E-state index is 0.235. The van der Waals surface area contributed by atoms with Gasteiger partial charge in [-0.1, -0.05) is 18.9 Å². The highest BCUT2D eigenvalue weighted by Gasteiger charge is 2.27. The van der Waals surface area contributed by atoms with Crippen molar-refractivity contribution in [2.45, 2.75) is 43.3 Å². The summed E-state index contributed by atoms with van der Waals surface area (Å²) in [6, 6.07) is 8.69. The first-order valence-electron chi connectivity index (χ1n) is 9.97. The lowest BCUT2D eigenvalue weighted by molar-refractivity contribution is 0.0956. The Morgan fingerprint density at radius 1 is 1.17 bits per heavy atom. The standard InChI is InChI=1S/C21H28N2O4S2/c1-17-8-9-18(21(24)22-10-14-28-16-19-7-6-13-27-19)15-20(17)29(25,26)23-11-4-2-3-5-12-23/h6-9,13,15H,2-5,10-12,14,16H2,1H3,(H,22,24). The summed E-state index contributed by atoms with van der Waals surface area (Å²) in [4.78, 5) is 12.7. The molecule has 1 aromatic carbocycles. The Hall–Kier alpha value is -1.77. The molecular weight excluding hydrogens is 408 g/mol. The van der Waals surface area contributed by atoms with Crippen LogP contribution in [-0.4, -0.2) is 44.0 Å². The van der Waals surface area contributed by atoms with E-state index in [1.807, 2.05) is 12.1 Å². The number of benzene rings is 1. The summed E-state index contributed by atoms with van der Waals surface area (Å²) in [5.41, 5.74) is 1.04. The van der Waals surface area contributed by atoms with Gasteiger partial charge in [0.2, 0.25) is 10.0 Å². The van der Waals surface area contributed by atoms with Crippen LogP contribution in [0.4, 0.5) is 0 Å². The molecule has 0 radical (unpaired) electrons. The molecule has 1 N–H and O–H groups in total. The second-order valence-electron chi connectivity index (χ2n) is 7.19. The van der Waals surface area contributed by atoms with Crippen LogP contribution in [0.2, 0.25) is 0 Å². The second kappa shape index (κ2) is 10.3. The van der Waals surface area contributed by atoms with E-state index in [0.717, 1.165) is 42.9 Å². The number of hydrogen-bond acceptors (Lipinski definition) is 5. The van der Waals surface area contributed by atoms with Crippen LogP contribution in [0.25, 0.3) is 0 Å². The zero-order chi connectivity index (χ0) is 20.7. The summed E-state index contributed by atoms with van der Waals surface area (Å²) in [6.45, 7) is 3.38. The molecule has 2 heterocycles. The molecule has 1 aliphatic rings. The summed E-state index contributed by atoms with van der Waals surface area (Å²) in [5, 5.41) is 2.87. The SMILES string of the molecule is Cc1ccc(C(=O)NCCSCc2ccco2)cc1S(=O)(=O)N1CCCCCC1. The Kier molecular flexibility index (Phi) is 7.80. The molecule has 3 rings (SSSR count). The molecule has 2 aromatic rings. The molecule has 1 saturated heterocycles. The number of nitrogens with zero attached hydrogens (tertiary/aromatic N) is 1. The maximum absolute atomic E-state index is 13.1. The minimum atomic E-state index is -3.59. The van der Waals surface area contributed by atoms with Crippen LogP contribution in [0, 0.1) is 6.92 Å². The number of hydrogen-bond donors (Lipinski definition) is 1. The van der Waals surface area contributed by atoms with Crippen molar-refractivity contribution >= 4 is 27.7 Å². The first-order chi connectivity index (χ1) is 14.0. The van der Waals surface area contributed by atoms with E-state index < -0.39 is 10.0 Å². The van der Waals surface area contributed by atoms with Crippen molar-refractivity contribution < 1.29 is 17.6 Å². The van der Waals surface area contributed by atoms with Crippen LogP contribution in [0.1, 0.15) is 47.4 Å². The molecule has 0 unspecified atom stereocenters. The third kappa shape index (κ3) is 5.87. The number of furan rings is 1. The number of carbonyl (C=O) groups is 1. The largest absolute Gasteiger partial charge is 0.468 e. The molecule has 6 nitrogen and oxygen atoms in total. The number of nitrogens with one attached hydrogen (secondary N) is 1. The lowest BCUT2D eigenvalue weighted by atomic mass is 10.1. The predicted molar refractivity (Wildman–Crippen MR) is 116 cm³/mol. The monoisotopic (exact) mass is 436 g/mol. The molecule has 1 amide bonds. The molecule has 1 aliphatic heterocycles. The van der Waals surface area contributed by atoms with Crippen molar-refractivity contribution in [1.29, 1.82) is 0 Å². The second-order valence-corrected chi connectivity index (χ2v) is 10.2. The van der Waals surface area contributed by atoms with E-state index in [2.05, 4.69) is 5.32 Å². The van der Waals surface area contributed by atoms with Crippen LogP contribution in [0.5, 0.6) is 0 Å². The van der Waals surface area contributed by atoms with Gasteiger partial charge in [0.25, 0.3) is 5.91 Å².